The molecule has 2 aromatic carbocycles. The number of carboxylic acids is 1. The van der Waals surface area contributed by atoms with Gasteiger partial charge in [0.05, 0.1) is 16.9 Å². The zero-order valence-electron chi connectivity index (χ0n) is 16.4. The Morgan fingerprint density at radius 1 is 1.17 bits per heavy atom. The van der Waals surface area contributed by atoms with Crippen LogP contribution in [0.3, 0.4) is 0 Å². The smallest absolute Gasteiger partial charge is 0.231 e. The van der Waals surface area contributed by atoms with Crippen molar-refractivity contribution in [3.05, 3.63) is 51.9 Å². The van der Waals surface area contributed by atoms with Gasteiger partial charge in [-0.05, 0) is 42.7 Å². The Balaban J connectivity index is 0.00000240. The van der Waals surface area contributed by atoms with Crippen LogP contribution in [-0.2, 0) is 11.2 Å². The van der Waals surface area contributed by atoms with Gasteiger partial charge < -0.3 is 28.5 Å². The zero-order chi connectivity index (χ0) is 19.8. The number of hydrogen-bond donors (Lipinski definition) is 0. The second kappa shape index (κ2) is 8.49. The first-order valence-electron chi connectivity index (χ1n) is 8.81. The van der Waals surface area contributed by atoms with Crippen molar-refractivity contribution in [2.45, 2.75) is 20.3 Å². The molecule has 0 N–H and O–H groups in total. The summed E-state index contributed by atoms with van der Waals surface area (Å²) >= 11 is 0. The number of hydrogen-bond acceptors (Lipinski definition) is 7. The molecular weight excluding hydrogens is 387 g/mol. The number of fused-ring (bicyclic) bond motifs is 2. The molecule has 0 aliphatic carbocycles. The molecule has 0 fully saturated rings. The molecule has 4 rings (SSSR count). The first-order chi connectivity index (χ1) is 13.5. The fraction of sp³-hybridized carbons (Fsp3) is 0.238. The molecule has 0 atom stereocenters. The van der Waals surface area contributed by atoms with Crippen molar-refractivity contribution in [2.75, 3.05) is 13.4 Å². The monoisotopic (exact) mass is 404 g/mol. The van der Waals surface area contributed by atoms with Gasteiger partial charge in [-0.3, -0.25) is 4.79 Å². The Bertz CT molecular complexity index is 1150. The summed E-state index contributed by atoms with van der Waals surface area (Å²) < 4.78 is 21.9. The minimum absolute atomic E-state index is 0. The third-order valence-corrected chi connectivity index (χ3v) is 4.64. The predicted octanol–water partition coefficient (Wildman–Crippen LogP) is 1.81. The molecule has 1 aromatic heterocycles. The first kappa shape index (κ1) is 21.2. The standard InChI is InChI=1S/C21H18O7.Na/c1-3-12-6-14-17(8-16(12)25-9-19(22)23)28-11(2)20(21(14)24)13-4-5-15-18(7-13)27-10-26-15;/h4-8H,3,9-10H2,1-2H3,(H,22,23);/p-1. The molecule has 1 aliphatic rings. The molecule has 145 valence electrons. The molecule has 8 heteroatoms. The maximum atomic E-state index is 13.2. The van der Waals surface area contributed by atoms with Crippen LogP contribution in [-0.4, -0.2) is 48.9 Å². The van der Waals surface area contributed by atoms with Gasteiger partial charge in [0.25, 0.3) is 0 Å². The largest absolute Gasteiger partial charge is 0.546 e. The van der Waals surface area contributed by atoms with Crippen LogP contribution in [0.1, 0.15) is 18.2 Å². The number of rotatable bonds is 5. The molecule has 0 spiro atoms. The number of aliphatic carboxylic acids is 1. The van der Waals surface area contributed by atoms with Gasteiger partial charge >= 0.3 is 0 Å². The van der Waals surface area contributed by atoms with E-state index in [1.807, 2.05) is 6.92 Å². The van der Waals surface area contributed by atoms with Crippen molar-refractivity contribution in [3.8, 4) is 28.4 Å². The van der Waals surface area contributed by atoms with Gasteiger partial charge in [0.1, 0.15) is 23.7 Å². The molecular formula is C21H17NaO7-. The number of carboxylic acid groups (broad SMARTS) is 1. The summed E-state index contributed by atoms with van der Waals surface area (Å²) in [5.74, 6) is 0.688. The average molecular weight is 404 g/mol. The molecule has 0 saturated carbocycles. The molecule has 0 unspecified atom stereocenters. The van der Waals surface area contributed by atoms with Gasteiger partial charge in [0.15, 0.2) is 11.5 Å². The Kier molecular flexibility index (Phi) is 6.21. The maximum Gasteiger partial charge on any atom is 0.231 e. The van der Waals surface area contributed by atoms with Crippen molar-refractivity contribution in [3.63, 3.8) is 0 Å². The molecule has 0 bridgehead atoms. The SMILES string of the molecule is CCc1cc2c(=O)c(-c3ccc4c(c3)OCO4)c(C)oc2cc1OCC(=O)[O-].[Na]. The van der Waals surface area contributed by atoms with Gasteiger partial charge in [0, 0.05) is 35.6 Å². The summed E-state index contributed by atoms with van der Waals surface area (Å²) in [6, 6.07) is 8.54. The Hall–Kier alpha value is -2.48. The van der Waals surface area contributed by atoms with Gasteiger partial charge in [-0.2, -0.15) is 0 Å². The predicted molar refractivity (Wildman–Crippen MR) is 104 cm³/mol. The minimum Gasteiger partial charge on any atom is -0.546 e. The van der Waals surface area contributed by atoms with Crippen LogP contribution in [0.4, 0.5) is 0 Å². The van der Waals surface area contributed by atoms with Gasteiger partial charge in [-0.1, -0.05) is 13.0 Å². The number of ether oxygens (including phenoxy) is 3. The van der Waals surface area contributed by atoms with E-state index in [-0.39, 0.29) is 41.8 Å². The molecule has 2 heterocycles. The van der Waals surface area contributed by atoms with Crippen molar-refractivity contribution < 1.29 is 28.5 Å². The van der Waals surface area contributed by atoms with E-state index < -0.39 is 12.6 Å². The maximum absolute atomic E-state index is 13.2. The average Bonchev–Trinajstić information content (AvgIpc) is 3.13. The van der Waals surface area contributed by atoms with Gasteiger partial charge in [-0.25, -0.2) is 0 Å². The summed E-state index contributed by atoms with van der Waals surface area (Å²) in [4.78, 5) is 23.9. The van der Waals surface area contributed by atoms with Crippen molar-refractivity contribution in [2.24, 2.45) is 0 Å². The minimum atomic E-state index is -1.32. The van der Waals surface area contributed by atoms with E-state index in [1.165, 1.54) is 0 Å². The molecule has 1 radical (unpaired) electrons. The number of carbonyl (C=O) groups excluding carboxylic acids is 1. The number of benzene rings is 2. The van der Waals surface area contributed by atoms with Crippen LogP contribution in [0.25, 0.3) is 22.1 Å². The van der Waals surface area contributed by atoms with E-state index in [1.54, 1.807) is 37.3 Å². The first-order valence-corrected chi connectivity index (χ1v) is 8.81. The summed E-state index contributed by atoms with van der Waals surface area (Å²) in [6.07, 6.45) is 0.561. The third kappa shape index (κ3) is 3.99. The van der Waals surface area contributed by atoms with Crippen LogP contribution in [0.5, 0.6) is 17.2 Å². The quantitative estimate of drug-likeness (QED) is 0.598. The van der Waals surface area contributed by atoms with Crippen molar-refractivity contribution in [1.29, 1.82) is 0 Å². The Morgan fingerprint density at radius 3 is 2.66 bits per heavy atom. The van der Waals surface area contributed by atoms with Crippen LogP contribution < -0.4 is 24.7 Å². The van der Waals surface area contributed by atoms with E-state index in [0.29, 0.717) is 57.1 Å². The van der Waals surface area contributed by atoms with E-state index in [4.69, 9.17) is 18.6 Å². The number of carbonyl (C=O) groups is 1. The van der Waals surface area contributed by atoms with Crippen LogP contribution in [0, 0.1) is 6.92 Å². The summed E-state index contributed by atoms with van der Waals surface area (Å²) in [5.41, 5.74) is 1.97. The third-order valence-electron chi connectivity index (χ3n) is 4.64. The second-order valence-corrected chi connectivity index (χ2v) is 6.40. The van der Waals surface area contributed by atoms with Crippen LogP contribution in [0.2, 0.25) is 0 Å². The molecule has 7 nitrogen and oxygen atoms in total. The van der Waals surface area contributed by atoms with Crippen LogP contribution in [0.15, 0.2) is 39.5 Å². The Morgan fingerprint density at radius 2 is 1.93 bits per heavy atom. The molecule has 1 aliphatic heterocycles. The molecule has 0 saturated heterocycles. The topological polar surface area (TPSA) is 98.0 Å². The van der Waals surface area contributed by atoms with Crippen LogP contribution >= 0.6 is 0 Å². The van der Waals surface area contributed by atoms with E-state index >= 15 is 0 Å². The van der Waals surface area contributed by atoms with Crippen molar-refractivity contribution in [1.82, 2.24) is 0 Å². The van der Waals surface area contributed by atoms with E-state index in [9.17, 15) is 14.7 Å². The van der Waals surface area contributed by atoms with Gasteiger partial charge in [-0.15, -0.1) is 0 Å². The molecule has 29 heavy (non-hydrogen) atoms. The summed E-state index contributed by atoms with van der Waals surface area (Å²) in [5, 5.41) is 11.1. The molecule has 3 aromatic rings. The summed E-state index contributed by atoms with van der Waals surface area (Å²) in [7, 11) is 0. The normalized spacial score (nSPS) is 11.9. The van der Waals surface area contributed by atoms with Crippen molar-refractivity contribution >= 4 is 46.5 Å². The Labute approximate surface area is 188 Å². The zero-order valence-corrected chi connectivity index (χ0v) is 18.4. The van der Waals surface area contributed by atoms with E-state index in [0.717, 1.165) is 0 Å². The fourth-order valence-electron chi connectivity index (χ4n) is 3.31. The van der Waals surface area contributed by atoms with Gasteiger partial charge in [0.2, 0.25) is 12.2 Å². The second-order valence-electron chi connectivity index (χ2n) is 6.40. The fourth-order valence-corrected chi connectivity index (χ4v) is 3.31. The number of aryl methyl sites for hydroxylation is 2. The molecule has 0 amide bonds. The van der Waals surface area contributed by atoms with E-state index in [2.05, 4.69) is 0 Å². The summed E-state index contributed by atoms with van der Waals surface area (Å²) in [6.45, 7) is 3.17.